The minimum atomic E-state index is -3.89. The van der Waals surface area contributed by atoms with Gasteiger partial charge < -0.3 is 14.6 Å². The van der Waals surface area contributed by atoms with Crippen LogP contribution in [0.5, 0.6) is 0 Å². The molecule has 1 heterocycles. The number of aliphatic hydroxyl groups is 1. The van der Waals surface area contributed by atoms with E-state index < -0.39 is 27.8 Å². The van der Waals surface area contributed by atoms with Crippen molar-refractivity contribution < 1.29 is 27.8 Å². The van der Waals surface area contributed by atoms with Gasteiger partial charge in [-0.15, -0.1) is 0 Å². The number of aryl methyl sites for hydroxylation is 1. The molecule has 0 aliphatic carbocycles. The molecule has 7 nitrogen and oxygen atoms in total. The molecule has 1 unspecified atom stereocenters. The summed E-state index contributed by atoms with van der Waals surface area (Å²) in [5.41, 5.74) is 0. The predicted octanol–water partition coefficient (Wildman–Crippen LogP) is 0.972. The van der Waals surface area contributed by atoms with Crippen LogP contribution < -0.4 is 4.72 Å². The molecule has 0 fully saturated rings. The number of sulfonamides is 1. The number of carboxylic acids is 1. The van der Waals surface area contributed by atoms with Crippen molar-refractivity contribution in [1.29, 1.82) is 0 Å². The van der Waals surface area contributed by atoms with E-state index in [9.17, 15) is 13.2 Å². The highest BCUT2D eigenvalue weighted by atomic mass is 32.2. The van der Waals surface area contributed by atoms with Gasteiger partial charge in [0.25, 0.3) is 0 Å². The van der Waals surface area contributed by atoms with Crippen molar-refractivity contribution in [2.75, 3.05) is 6.61 Å². The summed E-state index contributed by atoms with van der Waals surface area (Å²) in [4.78, 5) is 10.6. The average molecular weight is 305 g/mol. The molecule has 3 N–H and O–H groups in total. The van der Waals surface area contributed by atoms with E-state index in [1.165, 1.54) is 6.92 Å². The zero-order valence-corrected chi connectivity index (χ0v) is 12.4. The Balaban J connectivity index is 3.07. The molecule has 0 bridgehead atoms. The van der Waals surface area contributed by atoms with Gasteiger partial charge in [0.05, 0.1) is 0 Å². The first kappa shape index (κ1) is 16.7. The quantitative estimate of drug-likeness (QED) is 0.691. The Kier molecular flexibility index (Phi) is 5.32. The molecule has 0 saturated carbocycles. The van der Waals surface area contributed by atoms with Crippen LogP contribution in [-0.4, -0.2) is 37.2 Å². The third kappa shape index (κ3) is 3.81. The van der Waals surface area contributed by atoms with E-state index in [0.717, 1.165) is 6.07 Å². The monoisotopic (exact) mass is 305 g/mol. The highest BCUT2D eigenvalue weighted by Gasteiger charge is 2.27. The van der Waals surface area contributed by atoms with Crippen molar-refractivity contribution in [1.82, 2.24) is 4.72 Å². The lowest BCUT2D eigenvalue weighted by atomic mass is 10.0. The molecule has 0 radical (unpaired) electrons. The highest BCUT2D eigenvalue weighted by molar-refractivity contribution is 7.89. The van der Waals surface area contributed by atoms with Gasteiger partial charge in [0.1, 0.15) is 10.7 Å². The second-order valence-corrected chi connectivity index (χ2v) is 6.50. The molecule has 1 atom stereocenters. The maximum absolute atomic E-state index is 12.2. The van der Waals surface area contributed by atoms with Crippen molar-refractivity contribution in [3.8, 4) is 0 Å². The Morgan fingerprint density at radius 2 is 2.05 bits per heavy atom. The fourth-order valence-corrected chi connectivity index (χ4v) is 3.37. The standard InChI is InChI=1S/C12H19NO6S/c1-7(2)9(4-5-14)13-20(17,18)11-6-10(12(15)16)19-8(11)3/h6-7,9,13-14H,4-5H2,1-3H3,(H,15,16). The number of hydrogen-bond acceptors (Lipinski definition) is 5. The topological polar surface area (TPSA) is 117 Å². The fraction of sp³-hybridized carbons (Fsp3) is 0.583. The third-order valence-electron chi connectivity index (χ3n) is 2.92. The predicted molar refractivity (Wildman–Crippen MR) is 71.1 cm³/mol. The Labute approximate surface area is 117 Å². The first-order chi connectivity index (χ1) is 9.19. The van der Waals surface area contributed by atoms with Gasteiger partial charge in [-0.05, 0) is 19.3 Å². The molecular formula is C12H19NO6S. The van der Waals surface area contributed by atoms with Gasteiger partial charge in [0, 0.05) is 18.7 Å². The second-order valence-electron chi connectivity index (χ2n) is 4.82. The number of carbonyl (C=O) groups is 1. The molecule has 0 spiro atoms. The minimum Gasteiger partial charge on any atom is -0.475 e. The second kappa shape index (κ2) is 6.38. The molecule has 1 aromatic rings. The molecule has 0 saturated heterocycles. The summed E-state index contributed by atoms with van der Waals surface area (Å²) in [7, 11) is -3.89. The van der Waals surface area contributed by atoms with Gasteiger partial charge in [-0.1, -0.05) is 13.8 Å². The summed E-state index contributed by atoms with van der Waals surface area (Å²) in [6.07, 6.45) is 0.277. The van der Waals surface area contributed by atoms with Crippen molar-refractivity contribution in [2.45, 2.75) is 38.1 Å². The van der Waals surface area contributed by atoms with Crippen molar-refractivity contribution in [2.24, 2.45) is 5.92 Å². The first-order valence-corrected chi connectivity index (χ1v) is 7.64. The van der Waals surface area contributed by atoms with Gasteiger partial charge in [-0.2, -0.15) is 0 Å². The van der Waals surface area contributed by atoms with Gasteiger partial charge >= 0.3 is 5.97 Å². The Morgan fingerprint density at radius 1 is 1.45 bits per heavy atom. The van der Waals surface area contributed by atoms with Crippen LogP contribution in [0.15, 0.2) is 15.4 Å². The van der Waals surface area contributed by atoms with Crippen LogP contribution in [0.3, 0.4) is 0 Å². The van der Waals surface area contributed by atoms with Crippen LogP contribution in [0.4, 0.5) is 0 Å². The molecule has 0 aliphatic rings. The van der Waals surface area contributed by atoms with Crippen LogP contribution >= 0.6 is 0 Å². The normalized spacial score (nSPS) is 13.7. The number of aromatic carboxylic acids is 1. The molecule has 114 valence electrons. The maximum atomic E-state index is 12.2. The Hall–Kier alpha value is -1.38. The molecule has 1 rings (SSSR count). The lowest BCUT2D eigenvalue weighted by molar-refractivity contribution is 0.0661. The van der Waals surface area contributed by atoms with Crippen LogP contribution in [-0.2, 0) is 10.0 Å². The summed E-state index contributed by atoms with van der Waals surface area (Å²) in [5, 5.41) is 17.8. The summed E-state index contributed by atoms with van der Waals surface area (Å²) < 4.78 is 31.8. The number of carboxylic acid groups (broad SMARTS) is 1. The lowest BCUT2D eigenvalue weighted by Gasteiger charge is -2.21. The minimum absolute atomic E-state index is 0.0110. The van der Waals surface area contributed by atoms with Gasteiger partial charge in [0.15, 0.2) is 0 Å². The smallest absolute Gasteiger partial charge is 0.371 e. The van der Waals surface area contributed by atoms with Crippen molar-refractivity contribution in [3.63, 3.8) is 0 Å². The summed E-state index contributed by atoms with van der Waals surface area (Å²) in [5.74, 6) is -1.75. The molecule has 0 amide bonds. The third-order valence-corrected chi connectivity index (χ3v) is 4.52. The first-order valence-electron chi connectivity index (χ1n) is 6.16. The number of hydrogen-bond donors (Lipinski definition) is 3. The largest absolute Gasteiger partial charge is 0.475 e. The number of furan rings is 1. The molecule has 8 heteroatoms. The SMILES string of the molecule is Cc1oc(C(=O)O)cc1S(=O)(=O)NC(CCO)C(C)C. The van der Waals surface area contributed by atoms with Gasteiger partial charge in [-0.25, -0.2) is 17.9 Å². The lowest BCUT2D eigenvalue weighted by Crippen LogP contribution is -2.39. The van der Waals surface area contributed by atoms with Gasteiger partial charge in [-0.3, -0.25) is 0 Å². The van der Waals surface area contributed by atoms with E-state index in [0.29, 0.717) is 0 Å². The van der Waals surface area contributed by atoms with Crippen LogP contribution in [0.2, 0.25) is 0 Å². The number of aliphatic hydroxyl groups excluding tert-OH is 1. The summed E-state index contributed by atoms with van der Waals surface area (Å²) >= 11 is 0. The van der Waals surface area contributed by atoms with E-state index in [2.05, 4.69) is 4.72 Å². The zero-order chi connectivity index (χ0) is 15.5. The van der Waals surface area contributed by atoms with Crippen LogP contribution in [0.1, 0.15) is 36.6 Å². The Morgan fingerprint density at radius 3 is 2.45 bits per heavy atom. The van der Waals surface area contributed by atoms with Gasteiger partial charge in [0.2, 0.25) is 15.8 Å². The van der Waals surface area contributed by atoms with E-state index in [1.54, 1.807) is 0 Å². The Bertz CT molecular complexity index is 575. The highest BCUT2D eigenvalue weighted by Crippen LogP contribution is 2.21. The average Bonchev–Trinajstić information content (AvgIpc) is 2.71. The molecule has 0 aliphatic heterocycles. The van der Waals surface area contributed by atoms with E-state index in [-0.39, 0.29) is 29.6 Å². The molecule has 1 aromatic heterocycles. The van der Waals surface area contributed by atoms with Crippen molar-refractivity contribution in [3.05, 3.63) is 17.6 Å². The summed E-state index contributed by atoms with van der Waals surface area (Å²) in [6, 6.07) is 0.545. The van der Waals surface area contributed by atoms with E-state index in [4.69, 9.17) is 14.6 Å². The van der Waals surface area contributed by atoms with Crippen molar-refractivity contribution >= 4 is 16.0 Å². The van der Waals surface area contributed by atoms with E-state index >= 15 is 0 Å². The summed E-state index contributed by atoms with van der Waals surface area (Å²) in [6.45, 7) is 4.90. The molecule has 0 aromatic carbocycles. The molecule has 20 heavy (non-hydrogen) atoms. The number of rotatable bonds is 7. The molecular weight excluding hydrogens is 286 g/mol. The fourth-order valence-electron chi connectivity index (χ4n) is 1.77. The van der Waals surface area contributed by atoms with E-state index in [1.807, 2.05) is 13.8 Å². The number of nitrogens with one attached hydrogen (secondary N) is 1. The maximum Gasteiger partial charge on any atom is 0.371 e. The zero-order valence-electron chi connectivity index (χ0n) is 11.6. The van der Waals surface area contributed by atoms with Crippen LogP contribution in [0.25, 0.3) is 0 Å². The van der Waals surface area contributed by atoms with Crippen LogP contribution in [0, 0.1) is 12.8 Å².